The Morgan fingerprint density at radius 3 is 1.80 bits per heavy atom. The van der Waals surface area contributed by atoms with Crippen LogP contribution in [0.5, 0.6) is 0 Å². The molecule has 0 aliphatic heterocycles. The molecule has 0 aromatic rings. The summed E-state index contributed by atoms with van der Waals surface area (Å²) >= 11 is 0. The standard InChI is InChI=1S/2K.H2O6P2/c;;1-7(2)6-8(3,4)5/h;;(H2,3,4,5)/q2*+1;/p-1. The van der Waals surface area contributed by atoms with Crippen LogP contribution < -0.4 is 113 Å². The van der Waals surface area contributed by atoms with Crippen molar-refractivity contribution in [3.63, 3.8) is 0 Å². The fourth-order valence-corrected chi connectivity index (χ4v) is 0.758. The molecule has 0 heterocycles. The Morgan fingerprint density at radius 2 is 1.80 bits per heavy atom. The molecule has 2 unspecified atom stereocenters. The number of hydrogen-bond acceptors (Lipinski definition) is 5. The van der Waals surface area contributed by atoms with Crippen LogP contribution in [0.2, 0.25) is 0 Å². The molecule has 1 N–H and O–H groups in total. The zero-order valence-corrected chi connectivity index (χ0v) is 13.4. The summed E-state index contributed by atoms with van der Waals surface area (Å²) in [6.07, 6.45) is 0. The van der Waals surface area contributed by atoms with Crippen LogP contribution in [-0.4, -0.2) is 4.89 Å². The van der Waals surface area contributed by atoms with Gasteiger partial charge in [0.1, 0.15) is 0 Å². The van der Waals surface area contributed by atoms with Crippen LogP contribution in [0.4, 0.5) is 0 Å². The second-order valence-corrected chi connectivity index (χ2v) is 2.81. The molecule has 0 fully saturated rings. The molecule has 0 radical (unpaired) electrons. The van der Waals surface area contributed by atoms with Crippen molar-refractivity contribution in [2.24, 2.45) is 0 Å². The second kappa shape index (κ2) is 9.02. The van der Waals surface area contributed by atoms with E-state index in [2.05, 4.69) is 4.31 Å². The maximum Gasteiger partial charge on any atom is 1.00 e. The normalized spacial score (nSPS) is 15.7. The van der Waals surface area contributed by atoms with Gasteiger partial charge in [0.05, 0.1) is 0 Å². The first kappa shape index (κ1) is 19.1. The first-order chi connectivity index (χ1) is 3.42. The Kier molecular flexibility index (Phi) is 17.2. The summed E-state index contributed by atoms with van der Waals surface area (Å²) < 4.78 is 21.7. The van der Waals surface area contributed by atoms with Gasteiger partial charge in [-0.1, -0.05) is 4.31 Å². The van der Waals surface area contributed by atoms with Gasteiger partial charge in [0, 0.05) is 0 Å². The molecule has 0 aromatic heterocycles. The van der Waals surface area contributed by atoms with Gasteiger partial charge < -0.3 is 14.7 Å². The van der Waals surface area contributed by atoms with Crippen molar-refractivity contribution >= 4 is 16.1 Å². The van der Waals surface area contributed by atoms with E-state index >= 15 is 0 Å². The molecule has 48 valence electrons. The van der Waals surface area contributed by atoms with E-state index in [4.69, 9.17) is 4.89 Å². The largest absolute Gasteiger partial charge is 1.00 e. The van der Waals surface area contributed by atoms with Gasteiger partial charge in [-0.15, -0.1) is 0 Å². The Bertz CT molecular complexity index is 137. The van der Waals surface area contributed by atoms with Crippen molar-refractivity contribution in [2.75, 3.05) is 0 Å². The van der Waals surface area contributed by atoms with Crippen molar-refractivity contribution in [1.82, 2.24) is 0 Å². The summed E-state index contributed by atoms with van der Waals surface area (Å²) in [5.74, 6) is 0. The van der Waals surface area contributed by atoms with E-state index < -0.39 is 16.1 Å². The molecule has 6 nitrogen and oxygen atoms in total. The molecule has 0 bridgehead atoms. The molecule has 0 aliphatic carbocycles. The third-order valence-corrected chi connectivity index (χ3v) is 1.53. The van der Waals surface area contributed by atoms with Gasteiger partial charge in [-0.05, 0) is 4.57 Å². The minimum absolute atomic E-state index is 0. The molecule has 10 heavy (non-hydrogen) atoms. The molecule has 0 saturated heterocycles. The Hall–Kier alpha value is 3.44. The third kappa shape index (κ3) is 17.5. The van der Waals surface area contributed by atoms with Crippen molar-refractivity contribution in [2.45, 2.75) is 0 Å². The first-order valence-corrected chi connectivity index (χ1v) is 3.89. The summed E-state index contributed by atoms with van der Waals surface area (Å²) in [5, 5.41) is 0. The monoisotopic (exact) mass is 237 g/mol. The average molecular weight is 237 g/mol. The maximum atomic E-state index is 9.42. The molecule has 0 amide bonds. The maximum absolute atomic E-state index is 9.42. The summed E-state index contributed by atoms with van der Waals surface area (Å²) in [6.45, 7) is 0. The van der Waals surface area contributed by atoms with Crippen molar-refractivity contribution in [1.29, 1.82) is 0 Å². The molecular weight excluding hydrogens is 236 g/mol. The molecule has 0 aromatic carbocycles. The number of phosphoric acid groups is 1. The number of rotatable bonds is 2. The minimum atomic E-state index is -5.07. The van der Waals surface area contributed by atoms with E-state index in [-0.39, 0.29) is 103 Å². The van der Waals surface area contributed by atoms with Crippen molar-refractivity contribution in [3.05, 3.63) is 0 Å². The van der Waals surface area contributed by atoms with Gasteiger partial charge in [-0.3, -0.25) is 4.57 Å². The van der Waals surface area contributed by atoms with E-state index in [0.29, 0.717) is 0 Å². The van der Waals surface area contributed by atoms with Crippen LogP contribution in [0.15, 0.2) is 0 Å². The molecule has 0 saturated carbocycles. The molecule has 2 atom stereocenters. The predicted octanol–water partition coefficient (Wildman–Crippen LogP) is -7.51. The van der Waals surface area contributed by atoms with Gasteiger partial charge in [0.2, 0.25) is 0 Å². The van der Waals surface area contributed by atoms with E-state index in [1.165, 1.54) is 0 Å². The van der Waals surface area contributed by atoms with Crippen LogP contribution in [0.3, 0.4) is 0 Å². The predicted molar refractivity (Wildman–Crippen MR) is 18.5 cm³/mol. The zero-order chi connectivity index (χ0) is 6.78. The van der Waals surface area contributed by atoms with E-state index in [1.54, 1.807) is 0 Å². The van der Waals surface area contributed by atoms with Crippen LogP contribution in [0.1, 0.15) is 0 Å². The topological polar surface area (TPSA) is 110 Å². The molecule has 0 spiro atoms. The summed E-state index contributed by atoms with van der Waals surface area (Å²) in [5.41, 5.74) is 0. The Morgan fingerprint density at radius 1 is 1.50 bits per heavy atom. The fourth-order valence-electron chi connectivity index (χ4n) is 0.0842. The summed E-state index contributed by atoms with van der Waals surface area (Å²) in [6, 6.07) is 0. The van der Waals surface area contributed by atoms with Gasteiger partial charge in [-0.25, -0.2) is 0 Å². The summed E-state index contributed by atoms with van der Waals surface area (Å²) in [4.78, 5) is 26.3. The van der Waals surface area contributed by atoms with Crippen LogP contribution in [-0.2, 0) is 13.4 Å². The van der Waals surface area contributed by atoms with Crippen molar-refractivity contribution in [3.8, 4) is 0 Å². The first-order valence-electron chi connectivity index (χ1n) is 1.30. The average Bonchev–Trinajstić information content (AvgIpc) is 1.21. The molecule has 0 rings (SSSR count). The fraction of sp³-hybridized carbons (Fsp3) is 0. The number of hydrogen-bond donors (Lipinski definition) is 1. The minimum Gasteiger partial charge on any atom is -0.753 e. The van der Waals surface area contributed by atoms with Gasteiger partial charge in [0.15, 0.2) is 0 Å². The van der Waals surface area contributed by atoms with Crippen LogP contribution >= 0.6 is 16.1 Å². The zero-order valence-electron chi connectivity index (χ0n) is 5.38. The summed E-state index contributed by atoms with van der Waals surface area (Å²) in [7, 11) is -8.58. The second-order valence-electron chi connectivity index (χ2n) is 0.774. The van der Waals surface area contributed by atoms with Gasteiger partial charge >= 0.3 is 119 Å². The van der Waals surface area contributed by atoms with Gasteiger partial charge in [-0.2, -0.15) is 0 Å². The SMILES string of the molecule is O=[P+]([O-])OP(=O)([O-])O.[K+].[K+]. The molecular formula is HK2O6P2+. The van der Waals surface area contributed by atoms with Crippen LogP contribution in [0, 0.1) is 0 Å². The van der Waals surface area contributed by atoms with E-state index in [1.807, 2.05) is 0 Å². The molecule has 0 aliphatic rings. The van der Waals surface area contributed by atoms with E-state index in [0.717, 1.165) is 0 Å². The van der Waals surface area contributed by atoms with Crippen LogP contribution in [0.25, 0.3) is 0 Å². The molecule has 10 heteroatoms. The Balaban J connectivity index is -0.000000245. The van der Waals surface area contributed by atoms with E-state index in [9.17, 15) is 18.9 Å². The van der Waals surface area contributed by atoms with Crippen molar-refractivity contribution < 1.29 is 131 Å². The van der Waals surface area contributed by atoms with Gasteiger partial charge in [0.25, 0.3) is 0 Å². The quantitative estimate of drug-likeness (QED) is 0.377. The third-order valence-electron chi connectivity index (χ3n) is 0.170. The Labute approximate surface area is 143 Å². The smallest absolute Gasteiger partial charge is 0.753 e.